The van der Waals surface area contributed by atoms with E-state index in [-0.39, 0.29) is 11.7 Å². The molecule has 0 saturated heterocycles. The van der Waals surface area contributed by atoms with Gasteiger partial charge in [-0.05, 0) is 29.7 Å². The molecule has 0 saturated carbocycles. The predicted molar refractivity (Wildman–Crippen MR) is 89.9 cm³/mol. The van der Waals surface area contributed by atoms with Crippen molar-refractivity contribution >= 4 is 28.9 Å². The Bertz CT molecular complexity index is 506. The molecule has 0 aromatic heterocycles. The molecule has 0 atom stereocenters. The van der Waals surface area contributed by atoms with Gasteiger partial charge in [-0.1, -0.05) is 37.7 Å². The number of carbonyl (C=O) groups is 2. The number of benzene rings is 1. The lowest BCUT2D eigenvalue weighted by molar-refractivity contribution is -0.137. The van der Waals surface area contributed by atoms with Crippen molar-refractivity contribution in [3.8, 4) is 5.75 Å². The van der Waals surface area contributed by atoms with Crippen molar-refractivity contribution in [1.29, 1.82) is 0 Å². The molecule has 1 rings (SSSR count). The third-order valence-electron chi connectivity index (χ3n) is 2.69. The number of carbonyl (C=O) groups excluding carboxylic acids is 2. The molecule has 0 amide bonds. The van der Waals surface area contributed by atoms with Crippen molar-refractivity contribution in [2.75, 3.05) is 19.5 Å². The van der Waals surface area contributed by atoms with Gasteiger partial charge in [-0.25, -0.2) is 4.79 Å². The maximum Gasteiger partial charge on any atom is 0.330 e. The molecule has 120 valence electrons. The molecule has 1 aromatic rings. The number of esters is 1. The quantitative estimate of drug-likeness (QED) is 0.416. The summed E-state index contributed by atoms with van der Waals surface area (Å²) in [6, 6.07) is 7.34. The van der Waals surface area contributed by atoms with Gasteiger partial charge in [0.1, 0.15) is 12.4 Å². The zero-order chi connectivity index (χ0) is 16.4. The third-order valence-corrected chi connectivity index (χ3v) is 3.55. The van der Waals surface area contributed by atoms with E-state index in [1.807, 2.05) is 38.1 Å². The van der Waals surface area contributed by atoms with Crippen LogP contribution >= 0.6 is 11.8 Å². The van der Waals surface area contributed by atoms with Gasteiger partial charge in [0.25, 0.3) is 0 Å². The summed E-state index contributed by atoms with van der Waals surface area (Å²) < 4.78 is 10.1. The van der Waals surface area contributed by atoms with E-state index in [1.165, 1.54) is 17.8 Å². The predicted octanol–water partition coefficient (Wildman–Crippen LogP) is 3.56. The van der Waals surface area contributed by atoms with Crippen LogP contribution in [0.4, 0.5) is 0 Å². The van der Waals surface area contributed by atoms with Crippen molar-refractivity contribution in [1.82, 2.24) is 0 Å². The molecular weight excluding hydrogens is 300 g/mol. The minimum Gasteiger partial charge on any atom is -0.497 e. The molecule has 0 radical (unpaired) electrons. The van der Waals surface area contributed by atoms with E-state index in [2.05, 4.69) is 0 Å². The summed E-state index contributed by atoms with van der Waals surface area (Å²) in [7, 11) is 1.60. The number of rotatable bonds is 8. The number of hydrogen-bond donors (Lipinski definition) is 0. The van der Waals surface area contributed by atoms with E-state index in [1.54, 1.807) is 13.2 Å². The van der Waals surface area contributed by atoms with Gasteiger partial charge in [-0.15, -0.1) is 0 Å². The Hall–Kier alpha value is -1.75. The zero-order valence-corrected chi connectivity index (χ0v) is 14.0. The number of thioether (sulfide) groups is 1. The lowest BCUT2D eigenvalue weighted by Gasteiger charge is -2.04. The van der Waals surface area contributed by atoms with Crippen molar-refractivity contribution in [2.45, 2.75) is 20.3 Å². The van der Waals surface area contributed by atoms with Gasteiger partial charge >= 0.3 is 5.97 Å². The molecule has 0 aliphatic rings. The summed E-state index contributed by atoms with van der Waals surface area (Å²) in [5, 5.41) is 0.139. The van der Waals surface area contributed by atoms with Crippen LogP contribution < -0.4 is 4.74 Å². The van der Waals surface area contributed by atoms with Gasteiger partial charge in [0.05, 0.1) is 7.11 Å². The molecular formula is C17H22O4S. The maximum absolute atomic E-state index is 11.5. The molecule has 0 spiro atoms. The Balaban J connectivity index is 2.25. The Morgan fingerprint density at radius 2 is 1.91 bits per heavy atom. The lowest BCUT2D eigenvalue weighted by Crippen LogP contribution is -2.06. The Morgan fingerprint density at radius 3 is 2.50 bits per heavy atom. The van der Waals surface area contributed by atoms with Gasteiger partial charge in [-0.2, -0.15) is 0 Å². The first-order chi connectivity index (χ1) is 10.5. The second-order valence-electron chi connectivity index (χ2n) is 5.09. The monoisotopic (exact) mass is 322 g/mol. The number of hydrogen-bond acceptors (Lipinski definition) is 5. The maximum atomic E-state index is 11.5. The molecule has 0 aliphatic heterocycles. The second-order valence-corrected chi connectivity index (χ2v) is 6.24. The van der Waals surface area contributed by atoms with E-state index in [9.17, 15) is 9.59 Å². The highest BCUT2D eigenvalue weighted by molar-refractivity contribution is 8.13. The van der Waals surface area contributed by atoms with E-state index in [0.29, 0.717) is 18.1 Å². The van der Waals surface area contributed by atoms with Crippen molar-refractivity contribution in [3.05, 3.63) is 35.9 Å². The number of methoxy groups -OCH3 is 1. The van der Waals surface area contributed by atoms with Gasteiger partial charge in [0.15, 0.2) is 5.12 Å². The molecule has 0 heterocycles. The first-order valence-electron chi connectivity index (χ1n) is 7.15. The van der Waals surface area contributed by atoms with Crippen LogP contribution in [0, 0.1) is 5.92 Å². The van der Waals surface area contributed by atoms with Crippen molar-refractivity contribution in [3.63, 3.8) is 0 Å². The average molecular weight is 322 g/mol. The van der Waals surface area contributed by atoms with Crippen molar-refractivity contribution in [2.24, 2.45) is 5.92 Å². The summed E-state index contributed by atoms with van der Waals surface area (Å²) in [6.07, 6.45) is 3.61. The van der Waals surface area contributed by atoms with E-state index < -0.39 is 5.97 Å². The SMILES string of the molecule is COc1ccc(/C=C/C(=O)OCCSC(=O)CC(C)C)cc1. The average Bonchev–Trinajstić information content (AvgIpc) is 2.49. The minimum atomic E-state index is -0.410. The highest BCUT2D eigenvalue weighted by Gasteiger charge is 2.06. The molecule has 0 fully saturated rings. The highest BCUT2D eigenvalue weighted by Crippen LogP contribution is 2.13. The third kappa shape index (κ3) is 7.88. The van der Waals surface area contributed by atoms with E-state index >= 15 is 0 Å². The first kappa shape index (κ1) is 18.3. The fraction of sp³-hybridized carbons (Fsp3) is 0.412. The Kier molecular flexibility index (Phi) is 8.36. The van der Waals surface area contributed by atoms with Gasteiger partial charge in [0.2, 0.25) is 0 Å². The minimum absolute atomic E-state index is 0.139. The molecule has 0 N–H and O–H groups in total. The van der Waals surface area contributed by atoms with Crippen LogP contribution in [0.5, 0.6) is 5.75 Å². The van der Waals surface area contributed by atoms with E-state index in [4.69, 9.17) is 9.47 Å². The van der Waals surface area contributed by atoms with Crippen LogP contribution in [0.25, 0.3) is 6.08 Å². The van der Waals surface area contributed by atoms with Gasteiger partial charge in [0, 0.05) is 18.2 Å². The standard InChI is InChI=1S/C17H22O4S/c1-13(2)12-17(19)22-11-10-21-16(18)9-6-14-4-7-15(20-3)8-5-14/h4-9,13H,10-12H2,1-3H3/b9-6+. The molecule has 4 nitrogen and oxygen atoms in total. The van der Waals surface area contributed by atoms with E-state index in [0.717, 1.165) is 11.3 Å². The fourth-order valence-electron chi connectivity index (χ4n) is 1.62. The normalized spacial score (nSPS) is 10.9. The molecule has 0 bridgehead atoms. The lowest BCUT2D eigenvalue weighted by atomic mass is 10.2. The molecule has 0 aliphatic carbocycles. The van der Waals surface area contributed by atoms with Crippen LogP contribution in [0.1, 0.15) is 25.8 Å². The van der Waals surface area contributed by atoms with Gasteiger partial charge in [-0.3, -0.25) is 4.79 Å². The first-order valence-corrected chi connectivity index (χ1v) is 8.14. The molecule has 1 aromatic carbocycles. The van der Waals surface area contributed by atoms with Crippen molar-refractivity contribution < 1.29 is 19.1 Å². The van der Waals surface area contributed by atoms with Crippen LogP contribution in [-0.2, 0) is 14.3 Å². The summed E-state index contributed by atoms with van der Waals surface area (Å²) in [5.41, 5.74) is 0.888. The second kappa shape index (κ2) is 10.1. The van der Waals surface area contributed by atoms with Crippen LogP contribution in [0.3, 0.4) is 0 Å². The summed E-state index contributed by atoms with van der Waals surface area (Å²) in [6.45, 7) is 4.24. The summed E-state index contributed by atoms with van der Waals surface area (Å²) >= 11 is 1.21. The zero-order valence-electron chi connectivity index (χ0n) is 13.2. The van der Waals surface area contributed by atoms with Crippen LogP contribution in [0.15, 0.2) is 30.3 Å². The van der Waals surface area contributed by atoms with Crippen LogP contribution in [-0.4, -0.2) is 30.6 Å². The molecule has 5 heteroatoms. The fourth-order valence-corrected chi connectivity index (χ4v) is 2.46. The number of ether oxygens (including phenoxy) is 2. The Labute approximate surface area is 135 Å². The smallest absolute Gasteiger partial charge is 0.330 e. The largest absolute Gasteiger partial charge is 0.497 e. The topological polar surface area (TPSA) is 52.6 Å². The highest BCUT2D eigenvalue weighted by atomic mass is 32.2. The molecule has 0 unspecified atom stereocenters. The van der Waals surface area contributed by atoms with Crippen LogP contribution in [0.2, 0.25) is 0 Å². The van der Waals surface area contributed by atoms with Gasteiger partial charge < -0.3 is 9.47 Å². The summed E-state index contributed by atoms with van der Waals surface area (Å²) in [4.78, 5) is 23.0. The molecule has 22 heavy (non-hydrogen) atoms. The summed E-state index contributed by atoms with van der Waals surface area (Å²) in [5.74, 6) is 1.21. The Morgan fingerprint density at radius 1 is 1.23 bits per heavy atom.